The summed E-state index contributed by atoms with van der Waals surface area (Å²) in [7, 11) is 0. The summed E-state index contributed by atoms with van der Waals surface area (Å²) < 4.78 is 5.44. The number of nitrogens with one attached hydrogen (secondary N) is 1. The summed E-state index contributed by atoms with van der Waals surface area (Å²) in [4.78, 5) is 48.6. The number of thiazole rings is 1. The molecule has 10 nitrogen and oxygen atoms in total. The molecular formula is C29H33N5O5S. The van der Waals surface area contributed by atoms with Gasteiger partial charge in [-0.3, -0.25) is 19.4 Å². The number of aliphatic hydroxyl groups excluding tert-OH is 1. The first-order valence-electron chi connectivity index (χ1n) is 13.5. The van der Waals surface area contributed by atoms with Crippen molar-refractivity contribution in [1.82, 2.24) is 19.7 Å². The van der Waals surface area contributed by atoms with Crippen molar-refractivity contribution in [2.24, 2.45) is 0 Å². The first-order valence-corrected chi connectivity index (χ1v) is 14.4. The maximum atomic E-state index is 13.0. The van der Waals surface area contributed by atoms with Crippen LogP contribution in [-0.2, 0) is 16.1 Å². The molecule has 1 atom stereocenters. The van der Waals surface area contributed by atoms with Gasteiger partial charge in [0.1, 0.15) is 12.6 Å². The Balaban J connectivity index is 1.14. The number of benzene rings is 2. The highest BCUT2D eigenvalue weighted by Gasteiger charge is 2.35. The van der Waals surface area contributed by atoms with Gasteiger partial charge >= 0.3 is 6.09 Å². The van der Waals surface area contributed by atoms with E-state index in [1.165, 1.54) is 16.2 Å². The summed E-state index contributed by atoms with van der Waals surface area (Å²) in [6, 6.07) is 16.1. The van der Waals surface area contributed by atoms with Crippen molar-refractivity contribution in [3.05, 3.63) is 71.1 Å². The molecule has 2 aliphatic heterocycles. The average molecular weight is 564 g/mol. The number of hydrogen-bond donors (Lipinski definition) is 2. The van der Waals surface area contributed by atoms with Gasteiger partial charge in [0.05, 0.1) is 12.3 Å². The molecule has 1 unspecified atom stereocenters. The topological polar surface area (TPSA) is 115 Å². The molecule has 3 heterocycles. The first kappa shape index (κ1) is 27.8. The van der Waals surface area contributed by atoms with E-state index in [0.29, 0.717) is 49.0 Å². The fraction of sp³-hybridized carbons (Fsp3) is 0.379. The summed E-state index contributed by atoms with van der Waals surface area (Å²) >= 11 is 1.31. The number of piperazine rings is 1. The second-order valence-corrected chi connectivity index (χ2v) is 10.7. The van der Waals surface area contributed by atoms with E-state index in [9.17, 15) is 14.4 Å². The van der Waals surface area contributed by atoms with Gasteiger partial charge < -0.3 is 20.1 Å². The van der Waals surface area contributed by atoms with Gasteiger partial charge in [-0.1, -0.05) is 42.5 Å². The highest BCUT2D eigenvalue weighted by Crippen LogP contribution is 2.27. The van der Waals surface area contributed by atoms with Crippen LogP contribution in [0.2, 0.25) is 0 Å². The summed E-state index contributed by atoms with van der Waals surface area (Å²) in [5.74, 6) is -0.292. The van der Waals surface area contributed by atoms with Crippen LogP contribution in [0.15, 0.2) is 60.0 Å². The zero-order valence-electron chi connectivity index (χ0n) is 22.2. The van der Waals surface area contributed by atoms with Gasteiger partial charge in [-0.05, 0) is 30.5 Å². The molecule has 0 saturated carbocycles. The standard InChI is InChI=1S/C29H33N5O5S/c35-18-17-32-13-15-33(16-14-32)27(37)23-10-8-22(9-11-23)24-20-40-28(30-24)31-26(36)25-7-4-12-34(25)29(38)39-19-21-5-2-1-3-6-21/h1-3,5-6,8-11,20,25,35H,4,7,12-19H2,(H,30,31,36). The van der Waals surface area contributed by atoms with E-state index in [-0.39, 0.29) is 25.0 Å². The Morgan fingerprint density at radius 3 is 2.48 bits per heavy atom. The number of amides is 3. The number of carbonyl (C=O) groups is 3. The molecule has 40 heavy (non-hydrogen) atoms. The Hall–Kier alpha value is -3.80. The molecule has 0 radical (unpaired) electrons. The summed E-state index contributed by atoms with van der Waals surface area (Å²) in [6.45, 7) is 4.17. The number of nitrogens with zero attached hydrogens (tertiary/aromatic N) is 4. The normalized spacial score (nSPS) is 17.6. The molecule has 2 aliphatic rings. The smallest absolute Gasteiger partial charge is 0.410 e. The highest BCUT2D eigenvalue weighted by molar-refractivity contribution is 7.14. The molecule has 2 saturated heterocycles. The number of carbonyl (C=O) groups excluding carboxylic acids is 3. The average Bonchev–Trinajstić information content (AvgIpc) is 3.67. The molecule has 3 amide bonds. The predicted molar refractivity (Wildman–Crippen MR) is 152 cm³/mol. The van der Waals surface area contributed by atoms with E-state index in [0.717, 1.165) is 30.6 Å². The van der Waals surface area contributed by atoms with Gasteiger partial charge in [-0.2, -0.15) is 0 Å². The maximum absolute atomic E-state index is 13.0. The third kappa shape index (κ3) is 6.67. The van der Waals surface area contributed by atoms with Crippen LogP contribution in [0.3, 0.4) is 0 Å². The molecule has 210 valence electrons. The van der Waals surface area contributed by atoms with Crippen LogP contribution < -0.4 is 5.32 Å². The maximum Gasteiger partial charge on any atom is 0.410 e. The molecule has 2 N–H and O–H groups in total. The number of β-amino-alcohol motifs (C(OH)–C–C–N with tert-alkyl or cyclic N) is 1. The molecule has 0 bridgehead atoms. The molecule has 2 aromatic carbocycles. The first-order chi connectivity index (χ1) is 19.5. The van der Waals surface area contributed by atoms with E-state index in [4.69, 9.17) is 9.84 Å². The lowest BCUT2D eigenvalue weighted by Crippen LogP contribution is -2.49. The lowest BCUT2D eigenvalue weighted by atomic mass is 10.1. The van der Waals surface area contributed by atoms with Gasteiger partial charge in [0.2, 0.25) is 5.91 Å². The quantitative estimate of drug-likeness (QED) is 0.432. The molecule has 2 fully saturated rings. The largest absolute Gasteiger partial charge is 0.445 e. The lowest BCUT2D eigenvalue weighted by Gasteiger charge is -2.34. The van der Waals surface area contributed by atoms with Crippen molar-refractivity contribution in [1.29, 1.82) is 0 Å². The third-order valence-corrected chi connectivity index (χ3v) is 7.99. The fourth-order valence-electron chi connectivity index (χ4n) is 4.99. The zero-order chi connectivity index (χ0) is 27.9. The molecule has 1 aromatic heterocycles. The number of likely N-dealkylation sites (tertiary alicyclic amines) is 1. The minimum atomic E-state index is -0.605. The van der Waals surface area contributed by atoms with Gasteiger partial charge in [0.25, 0.3) is 5.91 Å². The van der Waals surface area contributed by atoms with Crippen LogP contribution in [0.5, 0.6) is 0 Å². The van der Waals surface area contributed by atoms with E-state index in [1.54, 1.807) is 12.1 Å². The lowest BCUT2D eigenvalue weighted by molar-refractivity contribution is -0.120. The van der Waals surface area contributed by atoms with Crippen LogP contribution >= 0.6 is 11.3 Å². The van der Waals surface area contributed by atoms with Crippen LogP contribution in [-0.4, -0.2) is 94.6 Å². The molecule has 0 aliphatic carbocycles. The second kappa shape index (κ2) is 13.0. The minimum absolute atomic E-state index is 0.00941. The molecule has 5 rings (SSSR count). The Bertz CT molecular complexity index is 1310. The summed E-state index contributed by atoms with van der Waals surface area (Å²) in [5.41, 5.74) is 3.04. The van der Waals surface area contributed by atoms with Gasteiger partial charge in [-0.25, -0.2) is 9.78 Å². The van der Waals surface area contributed by atoms with Crippen molar-refractivity contribution in [3.63, 3.8) is 0 Å². The SMILES string of the molecule is O=C(Nc1nc(-c2ccc(C(=O)N3CCN(CCO)CC3)cc2)cs1)C1CCCN1C(=O)OCc1ccccc1. The van der Waals surface area contributed by atoms with Crippen molar-refractivity contribution in [3.8, 4) is 11.3 Å². The van der Waals surface area contributed by atoms with E-state index in [1.807, 2.05) is 52.7 Å². The predicted octanol–water partition coefficient (Wildman–Crippen LogP) is 3.30. The Labute approximate surface area is 237 Å². The fourth-order valence-corrected chi connectivity index (χ4v) is 5.72. The minimum Gasteiger partial charge on any atom is -0.445 e. The van der Waals surface area contributed by atoms with Crippen molar-refractivity contribution in [2.75, 3.05) is 51.2 Å². The van der Waals surface area contributed by atoms with Gasteiger partial charge in [-0.15, -0.1) is 11.3 Å². The Kier molecular flexibility index (Phi) is 9.04. The number of aromatic nitrogens is 1. The summed E-state index contributed by atoms with van der Waals surface area (Å²) in [6.07, 6.45) is 0.796. The number of aliphatic hydroxyl groups is 1. The van der Waals surface area contributed by atoms with Crippen molar-refractivity contribution < 1.29 is 24.2 Å². The number of ether oxygens (including phenoxy) is 1. The molecule has 3 aromatic rings. The Morgan fingerprint density at radius 2 is 1.75 bits per heavy atom. The summed E-state index contributed by atoms with van der Waals surface area (Å²) in [5, 5.41) is 14.3. The zero-order valence-corrected chi connectivity index (χ0v) is 23.0. The monoisotopic (exact) mass is 563 g/mol. The second-order valence-electron chi connectivity index (χ2n) is 9.85. The molecule has 0 spiro atoms. The van der Waals surface area contributed by atoms with Crippen LogP contribution in [0.25, 0.3) is 11.3 Å². The molecule has 11 heteroatoms. The van der Waals surface area contributed by atoms with Crippen LogP contribution in [0.4, 0.5) is 9.93 Å². The highest BCUT2D eigenvalue weighted by atomic mass is 32.1. The van der Waals surface area contributed by atoms with Crippen molar-refractivity contribution >= 4 is 34.4 Å². The van der Waals surface area contributed by atoms with E-state index < -0.39 is 12.1 Å². The Morgan fingerprint density at radius 1 is 1.00 bits per heavy atom. The van der Waals surface area contributed by atoms with Crippen LogP contribution in [0, 0.1) is 0 Å². The van der Waals surface area contributed by atoms with Gasteiger partial charge in [0, 0.05) is 55.8 Å². The molecular weight excluding hydrogens is 530 g/mol. The third-order valence-electron chi connectivity index (χ3n) is 7.23. The number of rotatable bonds is 8. The van der Waals surface area contributed by atoms with E-state index >= 15 is 0 Å². The number of anilines is 1. The van der Waals surface area contributed by atoms with Crippen LogP contribution in [0.1, 0.15) is 28.8 Å². The van der Waals surface area contributed by atoms with Gasteiger partial charge in [0.15, 0.2) is 5.13 Å². The van der Waals surface area contributed by atoms with E-state index in [2.05, 4.69) is 15.2 Å². The van der Waals surface area contributed by atoms with Crippen molar-refractivity contribution in [2.45, 2.75) is 25.5 Å². The number of hydrogen-bond acceptors (Lipinski definition) is 8.